The lowest BCUT2D eigenvalue weighted by atomic mass is 10.0. The first-order chi connectivity index (χ1) is 11.7. The summed E-state index contributed by atoms with van der Waals surface area (Å²) >= 11 is 0. The van der Waals surface area contributed by atoms with E-state index in [1.807, 2.05) is 25.1 Å². The van der Waals surface area contributed by atoms with Crippen LogP contribution in [0.25, 0.3) is 0 Å². The van der Waals surface area contributed by atoms with Crippen LogP contribution in [-0.4, -0.2) is 16.8 Å². The summed E-state index contributed by atoms with van der Waals surface area (Å²) < 4.78 is 5.02. The number of aryl methyl sites for hydroxylation is 1. The Morgan fingerprint density at radius 1 is 1.00 bits per heavy atom. The van der Waals surface area contributed by atoms with Gasteiger partial charge in [-0.05, 0) is 24.3 Å². The lowest BCUT2D eigenvalue weighted by molar-refractivity contribution is 0.102. The summed E-state index contributed by atoms with van der Waals surface area (Å²) in [5.74, 6) is 0.208. The lowest BCUT2D eigenvalue weighted by Gasteiger charge is -2.06. The third-order valence-corrected chi connectivity index (χ3v) is 3.65. The van der Waals surface area contributed by atoms with Crippen LogP contribution in [0, 0.1) is 0 Å². The van der Waals surface area contributed by atoms with Gasteiger partial charge in [0.05, 0.1) is 6.20 Å². The first-order valence-electron chi connectivity index (χ1n) is 7.63. The van der Waals surface area contributed by atoms with Crippen molar-refractivity contribution in [2.24, 2.45) is 0 Å². The Balaban J connectivity index is 1.73. The van der Waals surface area contributed by atoms with Crippen molar-refractivity contribution in [3.05, 3.63) is 83.2 Å². The van der Waals surface area contributed by atoms with Crippen LogP contribution in [-0.2, 0) is 6.42 Å². The van der Waals surface area contributed by atoms with E-state index in [1.54, 1.807) is 36.4 Å². The third kappa shape index (κ3) is 3.25. The Kier molecular flexibility index (Phi) is 4.52. The van der Waals surface area contributed by atoms with Crippen LogP contribution in [0.3, 0.4) is 0 Å². The number of nitrogens with one attached hydrogen (secondary N) is 1. The molecule has 2 aromatic carbocycles. The van der Waals surface area contributed by atoms with Crippen LogP contribution in [0.1, 0.15) is 39.0 Å². The third-order valence-electron chi connectivity index (χ3n) is 3.65. The average molecular weight is 320 g/mol. The predicted octanol–water partition coefficient (Wildman–Crippen LogP) is 3.72. The summed E-state index contributed by atoms with van der Waals surface area (Å²) in [6, 6.07) is 15.9. The molecule has 0 aliphatic heterocycles. The van der Waals surface area contributed by atoms with E-state index in [0.717, 1.165) is 0 Å². The molecule has 3 rings (SSSR count). The van der Waals surface area contributed by atoms with Crippen molar-refractivity contribution < 1.29 is 14.1 Å². The Hall–Kier alpha value is -3.21. The number of carbonyl (C=O) groups excluding carboxylic acids is 2. The highest BCUT2D eigenvalue weighted by molar-refractivity contribution is 6.09. The van der Waals surface area contributed by atoms with Crippen LogP contribution in [0.5, 0.6) is 0 Å². The molecule has 5 heteroatoms. The Labute approximate surface area is 139 Å². The minimum absolute atomic E-state index is 0.0548. The van der Waals surface area contributed by atoms with E-state index in [1.165, 1.54) is 6.20 Å². The number of carbonyl (C=O) groups is 2. The summed E-state index contributed by atoms with van der Waals surface area (Å²) in [4.78, 5) is 24.6. The maximum atomic E-state index is 12.3. The van der Waals surface area contributed by atoms with E-state index >= 15 is 0 Å². The molecule has 3 aromatic rings. The zero-order valence-electron chi connectivity index (χ0n) is 13.2. The molecule has 1 amide bonds. The molecule has 0 fully saturated rings. The van der Waals surface area contributed by atoms with E-state index < -0.39 is 0 Å². The van der Waals surface area contributed by atoms with Gasteiger partial charge in [-0.3, -0.25) is 9.59 Å². The number of benzene rings is 2. The van der Waals surface area contributed by atoms with E-state index in [-0.39, 0.29) is 11.7 Å². The fourth-order valence-electron chi connectivity index (χ4n) is 2.36. The van der Waals surface area contributed by atoms with Gasteiger partial charge in [-0.15, -0.1) is 0 Å². The molecule has 1 N–H and O–H groups in total. The standard InChI is InChI=1S/C19H16N2O3/c1-2-17-16(12-20-24-17)19(23)21-15-10-8-14(9-11-15)18(22)13-6-4-3-5-7-13/h3-12H,2H2,1H3,(H,21,23). The summed E-state index contributed by atoms with van der Waals surface area (Å²) in [7, 11) is 0. The molecule has 0 unspecified atom stereocenters. The van der Waals surface area contributed by atoms with Gasteiger partial charge in [0.15, 0.2) is 5.78 Å². The van der Waals surface area contributed by atoms with Gasteiger partial charge >= 0.3 is 0 Å². The Bertz CT molecular complexity index is 852. The van der Waals surface area contributed by atoms with Gasteiger partial charge in [0.25, 0.3) is 5.91 Å². The number of amides is 1. The summed E-state index contributed by atoms with van der Waals surface area (Å²) in [5, 5.41) is 6.42. The predicted molar refractivity (Wildman–Crippen MR) is 90.2 cm³/mol. The van der Waals surface area contributed by atoms with Crippen molar-refractivity contribution in [2.45, 2.75) is 13.3 Å². The minimum Gasteiger partial charge on any atom is -0.361 e. The number of anilines is 1. The summed E-state index contributed by atoms with van der Waals surface area (Å²) in [5.41, 5.74) is 2.22. The highest BCUT2D eigenvalue weighted by atomic mass is 16.5. The van der Waals surface area contributed by atoms with Crippen molar-refractivity contribution in [3.8, 4) is 0 Å². The normalized spacial score (nSPS) is 10.4. The molecule has 5 nitrogen and oxygen atoms in total. The molecule has 1 aromatic heterocycles. The maximum absolute atomic E-state index is 12.3. The van der Waals surface area contributed by atoms with E-state index in [2.05, 4.69) is 10.5 Å². The minimum atomic E-state index is -0.282. The molecule has 0 aliphatic rings. The number of aromatic nitrogens is 1. The summed E-state index contributed by atoms with van der Waals surface area (Å²) in [6.45, 7) is 1.89. The number of hydrogen-bond acceptors (Lipinski definition) is 4. The number of hydrogen-bond donors (Lipinski definition) is 1. The van der Waals surface area contributed by atoms with Crippen molar-refractivity contribution >= 4 is 17.4 Å². The van der Waals surface area contributed by atoms with Crippen molar-refractivity contribution in [2.75, 3.05) is 5.32 Å². The van der Waals surface area contributed by atoms with Crippen LogP contribution in [0.15, 0.2) is 65.3 Å². The Morgan fingerprint density at radius 3 is 2.33 bits per heavy atom. The quantitative estimate of drug-likeness (QED) is 0.727. The second-order valence-corrected chi connectivity index (χ2v) is 5.24. The first-order valence-corrected chi connectivity index (χ1v) is 7.63. The van der Waals surface area contributed by atoms with Gasteiger partial charge < -0.3 is 9.84 Å². The second-order valence-electron chi connectivity index (χ2n) is 5.24. The van der Waals surface area contributed by atoms with Gasteiger partial charge in [-0.2, -0.15) is 0 Å². The van der Waals surface area contributed by atoms with E-state index in [4.69, 9.17) is 4.52 Å². The average Bonchev–Trinajstić information content (AvgIpc) is 3.11. The monoisotopic (exact) mass is 320 g/mol. The summed E-state index contributed by atoms with van der Waals surface area (Å²) in [6.07, 6.45) is 1.99. The molecule has 0 aliphatic carbocycles. The number of rotatable bonds is 5. The zero-order valence-corrected chi connectivity index (χ0v) is 13.2. The molecule has 0 saturated heterocycles. The largest absolute Gasteiger partial charge is 0.361 e. The topological polar surface area (TPSA) is 72.2 Å². The highest BCUT2D eigenvalue weighted by Crippen LogP contribution is 2.16. The van der Waals surface area contributed by atoms with Gasteiger partial charge in [-0.25, -0.2) is 0 Å². The molecule has 120 valence electrons. The van der Waals surface area contributed by atoms with Gasteiger partial charge in [0, 0.05) is 23.2 Å². The van der Waals surface area contributed by atoms with E-state index in [9.17, 15) is 9.59 Å². The van der Waals surface area contributed by atoms with Crippen molar-refractivity contribution in [1.82, 2.24) is 5.16 Å². The Morgan fingerprint density at radius 2 is 1.67 bits per heavy atom. The SMILES string of the molecule is CCc1oncc1C(=O)Nc1ccc(C(=O)c2ccccc2)cc1. The maximum Gasteiger partial charge on any atom is 0.260 e. The molecule has 0 spiro atoms. The van der Waals surface area contributed by atoms with Crippen LogP contribution in [0.4, 0.5) is 5.69 Å². The molecule has 0 saturated carbocycles. The van der Waals surface area contributed by atoms with Gasteiger partial charge in [-0.1, -0.05) is 42.4 Å². The molecule has 0 atom stereocenters. The van der Waals surface area contributed by atoms with Crippen LogP contribution in [0.2, 0.25) is 0 Å². The van der Waals surface area contributed by atoms with Gasteiger partial charge in [0.1, 0.15) is 11.3 Å². The number of ketones is 1. The van der Waals surface area contributed by atoms with Crippen LogP contribution >= 0.6 is 0 Å². The van der Waals surface area contributed by atoms with Crippen molar-refractivity contribution in [3.63, 3.8) is 0 Å². The zero-order chi connectivity index (χ0) is 16.9. The molecular formula is C19H16N2O3. The smallest absolute Gasteiger partial charge is 0.260 e. The van der Waals surface area contributed by atoms with Gasteiger partial charge in [0.2, 0.25) is 0 Å². The fourth-order valence-corrected chi connectivity index (χ4v) is 2.36. The number of nitrogens with zero attached hydrogens (tertiary/aromatic N) is 1. The highest BCUT2D eigenvalue weighted by Gasteiger charge is 2.15. The van der Waals surface area contributed by atoms with E-state index in [0.29, 0.717) is 34.6 Å². The first kappa shape index (κ1) is 15.7. The van der Waals surface area contributed by atoms with Crippen molar-refractivity contribution in [1.29, 1.82) is 0 Å². The molecule has 24 heavy (non-hydrogen) atoms. The molecule has 0 radical (unpaired) electrons. The lowest BCUT2D eigenvalue weighted by Crippen LogP contribution is -2.13. The molecular weight excluding hydrogens is 304 g/mol. The molecule has 1 heterocycles. The van der Waals surface area contributed by atoms with Crippen LogP contribution < -0.4 is 5.32 Å². The fraction of sp³-hybridized carbons (Fsp3) is 0.105. The molecule has 0 bridgehead atoms. The second kappa shape index (κ2) is 6.91.